The highest BCUT2D eigenvalue weighted by molar-refractivity contribution is 5.80. The number of rotatable bonds is 7. The van der Waals surface area contributed by atoms with Crippen LogP contribution < -0.4 is 5.32 Å². The molecule has 5 heteroatoms. The van der Waals surface area contributed by atoms with E-state index >= 15 is 0 Å². The summed E-state index contributed by atoms with van der Waals surface area (Å²) in [6, 6.07) is 0.368. The average molecular weight is 298 g/mol. The number of ether oxygens (including phenoxy) is 2. The fraction of sp³-hybridized carbons (Fsp3) is 0.938. The molecule has 0 saturated carbocycles. The lowest BCUT2D eigenvalue weighted by Gasteiger charge is -2.36. The molecule has 0 radical (unpaired) electrons. The zero-order valence-corrected chi connectivity index (χ0v) is 13.5. The summed E-state index contributed by atoms with van der Waals surface area (Å²) in [6.45, 7) is 8.20. The Morgan fingerprint density at radius 2 is 2.14 bits per heavy atom. The molecule has 0 aromatic carbocycles. The Morgan fingerprint density at radius 1 is 1.38 bits per heavy atom. The normalized spacial score (nSPS) is 25.0. The molecular weight excluding hydrogens is 268 g/mol. The minimum absolute atomic E-state index is 0.141. The van der Waals surface area contributed by atoms with Crippen LogP contribution in [0.15, 0.2) is 0 Å². The van der Waals surface area contributed by atoms with Crippen LogP contribution in [0.4, 0.5) is 0 Å². The molecule has 1 amide bonds. The number of nitrogens with zero attached hydrogens (tertiary/aromatic N) is 1. The van der Waals surface area contributed by atoms with Crippen molar-refractivity contribution in [1.29, 1.82) is 0 Å². The van der Waals surface area contributed by atoms with E-state index in [0.29, 0.717) is 12.6 Å². The largest absolute Gasteiger partial charge is 0.376 e. The second-order valence-corrected chi connectivity index (χ2v) is 6.12. The van der Waals surface area contributed by atoms with Crippen LogP contribution >= 0.6 is 0 Å². The molecule has 122 valence electrons. The summed E-state index contributed by atoms with van der Waals surface area (Å²) in [5, 5.41) is 3.36. The van der Waals surface area contributed by atoms with E-state index in [1.165, 1.54) is 0 Å². The van der Waals surface area contributed by atoms with Crippen molar-refractivity contribution in [1.82, 2.24) is 10.2 Å². The van der Waals surface area contributed by atoms with Crippen molar-refractivity contribution >= 4 is 5.91 Å². The second kappa shape index (κ2) is 8.71. The van der Waals surface area contributed by atoms with Crippen molar-refractivity contribution in [2.45, 2.75) is 64.2 Å². The van der Waals surface area contributed by atoms with E-state index in [0.717, 1.165) is 58.3 Å². The van der Waals surface area contributed by atoms with E-state index in [9.17, 15) is 4.79 Å². The van der Waals surface area contributed by atoms with Gasteiger partial charge in [-0.1, -0.05) is 6.92 Å². The van der Waals surface area contributed by atoms with Gasteiger partial charge in [0.05, 0.1) is 12.7 Å². The van der Waals surface area contributed by atoms with Gasteiger partial charge in [0.1, 0.15) is 6.10 Å². The van der Waals surface area contributed by atoms with E-state index in [2.05, 4.69) is 12.2 Å². The Morgan fingerprint density at radius 3 is 2.76 bits per heavy atom. The van der Waals surface area contributed by atoms with Crippen molar-refractivity contribution < 1.29 is 14.3 Å². The van der Waals surface area contributed by atoms with E-state index in [-0.39, 0.29) is 18.1 Å². The summed E-state index contributed by atoms with van der Waals surface area (Å²) in [7, 11) is 0. The maximum absolute atomic E-state index is 12.7. The lowest BCUT2D eigenvalue weighted by atomic mass is 10.0. The Labute approximate surface area is 128 Å². The minimum Gasteiger partial charge on any atom is -0.376 e. The summed E-state index contributed by atoms with van der Waals surface area (Å²) in [6.07, 6.45) is 5.05. The van der Waals surface area contributed by atoms with Crippen LogP contribution in [-0.4, -0.2) is 61.9 Å². The first kappa shape index (κ1) is 16.7. The van der Waals surface area contributed by atoms with Crippen molar-refractivity contribution in [3.05, 3.63) is 0 Å². The number of carbonyl (C=O) groups is 1. The van der Waals surface area contributed by atoms with Gasteiger partial charge in [-0.15, -0.1) is 0 Å². The first-order valence-electron chi connectivity index (χ1n) is 8.46. The molecule has 0 spiro atoms. The van der Waals surface area contributed by atoms with Gasteiger partial charge in [0, 0.05) is 19.2 Å². The van der Waals surface area contributed by atoms with Gasteiger partial charge in [0.15, 0.2) is 0 Å². The SMILES string of the molecule is CCCN(C(=O)C(C)OCC1CCCO1)C1CCNCC1. The Kier molecular flexibility index (Phi) is 6.93. The Balaban J connectivity index is 1.83. The number of hydrogen-bond donors (Lipinski definition) is 1. The van der Waals surface area contributed by atoms with Crippen LogP contribution in [0.5, 0.6) is 0 Å². The highest BCUT2D eigenvalue weighted by Gasteiger charge is 2.29. The van der Waals surface area contributed by atoms with Crippen LogP contribution in [0.3, 0.4) is 0 Å². The zero-order chi connectivity index (χ0) is 15.1. The molecule has 2 rings (SSSR count). The standard InChI is InChI=1S/C16H30N2O3/c1-3-10-18(14-6-8-17-9-7-14)16(19)13(2)21-12-15-5-4-11-20-15/h13-15,17H,3-12H2,1-2H3. The third-order valence-electron chi connectivity index (χ3n) is 4.40. The van der Waals surface area contributed by atoms with E-state index in [1.54, 1.807) is 0 Å². The van der Waals surface area contributed by atoms with E-state index in [4.69, 9.17) is 9.47 Å². The lowest BCUT2D eigenvalue weighted by Crippen LogP contribution is -2.50. The Hall–Kier alpha value is -0.650. The fourth-order valence-corrected chi connectivity index (χ4v) is 3.16. The first-order valence-corrected chi connectivity index (χ1v) is 8.46. The summed E-state index contributed by atoms with van der Waals surface area (Å²) < 4.78 is 11.3. The van der Waals surface area contributed by atoms with Crippen LogP contribution in [0, 0.1) is 0 Å². The van der Waals surface area contributed by atoms with Gasteiger partial charge in [-0.2, -0.15) is 0 Å². The lowest BCUT2D eigenvalue weighted by molar-refractivity contribution is -0.147. The third-order valence-corrected chi connectivity index (χ3v) is 4.40. The Bertz CT molecular complexity index is 313. The van der Waals surface area contributed by atoms with Crippen LogP contribution in [0.2, 0.25) is 0 Å². The molecular formula is C16H30N2O3. The number of carbonyl (C=O) groups excluding carboxylic acids is 1. The highest BCUT2D eigenvalue weighted by Crippen LogP contribution is 2.16. The predicted octanol–water partition coefficient (Wildman–Crippen LogP) is 1.56. The molecule has 2 heterocycles. The van der Waals surface area contributed by atoms with Gasteiger partial charge in [-0.05, 0) is 52.1 Å². The smallest absolute Gasteiger partial charge is 0.251 e. The average Bonchev–Trinajstić information content (AvgIpc) is 3.04. The molecule has 2 fully saturated rings. The summed E-state index contributed by atoms with van der Waals surface area (Å²) in [5.74, 6) is 0.141. The minimum atomic E-state index is -0.365. The molecule has 2 aliphatic heterocycles. The van der Waals surface area contributed by atoms with Crippen LogP contribution in [0.25, 0.3) is 0 Å². The fourth-order valence-electron chi connectivity index (χ4n) is 3.16. The maximum Gasteiger partial charge on any atom is 0.251 e. The maximum atomic E-state index is 12.7. The molecule has 2 unspecified atom stereocenters. The predicted molar refractivity (Wildman–Crippen MR) is 82.3 cm³/mol. The summed E-state index contributed by atoms with van der Waals surface area (Å²) >= 11 is 0. The van der Waals surface area contributed by atoms with E-state index in [1.807, 2.05) is 11.8 Å². The monoisotopic (exact) mass is 298 g/mol. The van der Waals surface area contributed by atoms with Crippen LogP contribution in [0.1, 0.15) is 46.0 Å². The zero-order valence-electron chi connectivity index (χ0n) is 13.5. The number of hydrogen-bond acceptors (Lipinski definition) is 4. The quantitative estimate of drug-likeness (QED) is 0.775. The molecule has 0 aromatic heterocycles. The molecule has 2 saturated heterocycles. The first-order chi connectivity index (χ1) is 10.2. The second-order valence-electron chi connectivity index (χ2n) is 6.12. The molecule has 0 aliphatic carbocycles. The molecule has 2 atom stereocenters. The molecule has 0 bridgehead atoms. The van der Waals surface area contributed by atoms with Gasteiger partial charge < -0.3 is 19.7 Å². The van der Waals surface area contributed by atoms with Crippen molar-refractivity contribution in [2.75, 3.05) is 32.8 Å². The number of nitrogens with one attached hydrogen (secondary N) is 1. The number of amides is 1. The molecule has 1 N–H and O–H groups in total. The van der Waals surface area contributed by atoms with Gasteiger partial charge in [0.25, 0.3) is 5.91 Å². The van der Waals surface area contributed by atoms with Crippen molar-refractivity contribution in [3.8, 4) is 0 Å². The van der Waals surface area contributed by atoms with E-state index < -0.39 is 0 Å². The summed E-state index contributed by atoms with van der Waals surface area (Å²) in [5.41, 5.74) is 0. The number of piperidine rings is 1. The highest BCUT2D eigenvalue weighted by atomic mass is 16.5. The van der Waals surface area contributed by atoms with Crippen molar-refractivity contribution in [2.24, 2.45) is 0 Å². The van der Waals surface area contributed by atoms with Gasteiger partial charge in [-0.3, -0.25) is 4.79 Å². The van der Waals surface area contributed by atoms with Crippen LogP contribution in [-0.2, 0) is 14.3 Å². The topological polar surface area (TPSA) is 50.8 Å². The molecule has 2 aliphatic rings. The molecule has 0 aromatic rings. The molecule has 5 nitrogen and oxygen atoms in total. The van der Waals surface area contributed by atoms with Crippen molar-refractivity contribution in [3.63, 3.8) is 0 Å². The molecule has 21 heavy (non-hydrogen) atoms. The van der Waals surface area contributed by atoms with Gasteiger partial charge in [-0.25, -0.2) is 0 Å². The van der Waals surface area contributed by atoms with Gasteiger partial charge >= 0.3 is 0 Å². The third kappa shape index (κ3) is 4.94. The van der Waals surface area contributed by atoms with Gasteiger partial charge in [0.2, 0.25) is 0 Å². The summed E-state index contributed by atoms with van der Waals surface area (Å²) in [4.78, 5) is 14.7.